The highest BCUT2D eigenvalue weighted by Gasteiger charge is 2.20. The molecule has 0 atom stereocenters. The van der Waals surface area contributed by atoms with Gasteiger partial charge in [0.15, 0.2) is 0 Å². The zero-order valence-electron chi connectivity index (χ0n) is 11.0. The minimum atomic E-state index is -0.557. The molecule has 2 N–H and O–H groups in total. The van der Waals surface area contributed by atoms with E-state index in [1.807, 2.05) is 39.0 Å². The van der Waals surface area contributed by atoms with Gasteiger partial charge >= 0.3 is 5.97 Å². The Bertz CT molecular complexity index is 648. The van der Waals surface area contributed by atoms with E-state index in [-0.39, 0.29) is 5.82 Å². The van der Waals surface area contributed by atoms with Crippen molar-refractivity contribution in [3.8, 4) is 0 Å². The summed E-state index contributed by atoms with van der Waals surface area (Å²) >= 11 is 3.37. The molecule has 0 saturated carbocycles. The van der Waals surface area contributed by atoms with Crippen LogP contribution in [-0.2, 0) is 4.74 Å². The van der Waals surface area contributed by atoms with Gasteiger partial charge in [-0.15, -0.1) is 0 Å². The first-order chi connectivity index (χ1) is 8.76. The third-order valence-electron chi connectivity index (χ3n) is 2.43. The smallest absolute Gasteiger partial charge is 0.342 e. The number of hydrogen-bond acceptors (Lipinski definition) is 4. The maximum atomic E-state index is 12.0. The van der Waals surface area contributed by atoms with E-state index in [0.29, 0.717) is 5.56 Å². The predicted octanol–water partition coefficient (Wildman–Crippen LogP) is 3.53. The van der Waals surface area contributed by atoms with E-state index in [2.05, 4.69) is 20.9 Å². The molecule has 0 aliphatic rings. The first-order valence-electron chi connectivity index (χ1n) is 5.85. The monoisotopic (exact) mass is 322 g/mol. The predicted molar refractivity (Wildman–Crippen MR) is 79.0 cm³/mol. The van der Waals surface area contributed by atoms with Crippen molar-refractivity contribution in [2.45, 2.75) is 26.4 Å². The maximum absolute atomic E-state index is 12.0. The number of nitrogens with zero attached hydrogens (tertiary/aromatic N) is 1. The van der Waals surface area contributed by atoms with Crippen LogP contribution in [0.4, 0.5) is 5.82 Å². The van der Waals surface area contributed by atoms with E-state index < -0.39 is 11.6 Å². The second-order valence-corrected chi connectivity index (χ2v) is 6.18. The van der Waals surface area contributed by atoms with Gasteiger partial charge in [-0.2, -0.15) is 0 Å². The first kappa shape index (κ1) is 13.8. The van der Waals surface area contributed by atoms with Crippen LogP contribution in [0, 0.1) is 0 Å². The number of rotatable bonds is 1. The fourth-order valence-corrected chi connectivity index (χ4v) is 2.00. The molecule has 2 rings (SSSR count). The lowest BCUT2D eigenvalue weighted by Gasteiger charge is -2.20. The fraction of sp³-hybridized carbons (Fsp3) is 0.286. The van der Waals surface area contributed by atoms with E-state index in [0.717, 1.165) is 15.4 Å². The van der Waals surface area contributed by atoms with E-state index in [1.165, 1.54) is 0 Å². The van der Waals surface area contributed by atoms with Crippen molar-refractivity contribution >= 4 is 38.6 Å². The molecule has 0 aliphatic carbocycles. The van der Waals surface area contributed by atoms with Crippen molar-refractivity contribution in [1.82, 2.24) is 4.98 Å². The number of halogens is 1. The van der Waals surface area contributed by atoms with Crippen molar-refractivity contribution in [2.24, 2.45) is 0 Å². The van der Waals surface area contributed by atoms with Crippen molar-refractivity contribution < 1.29 is 9.53 Å². The summed E-state index contributed by atoms with van der Waals surface area (Å²) in [5.74, 6) is -0.276. The lowest BCUT2D eigenvalue weighted by Crippen LogP contribution is -2.24. The highest BCUT2D eigenvalue weighted by atomic mass is 79.9. The molecule has 0 fully saturated rings. The van der Waals surface area contributed by atoms with Crippen LogP contribution in [0.25, 0.3) is 10.9 Å². The lowest BCUT2D eigenvalue weighted by molar-refractivity contribution is 0.00707. The molecule has 0 spiro atoms. The van der Waals surface area contributed by atoms with Crippen LogP contribution >= 0.6 is 15.9 Å². The van der Waals surface area contributed by atoms with E-state index >= 15 is 0 Å². The van der Waals surface area contributed by atoms with E-state index in [4.69, 9.17) is 10.5 Å². The summed E-state index contributed by atoms with van der Waals surface area (Å²) in [5.41, 5.74) is 6.30. The molecule has 0 unspecified atom stereocenters. The largest absolute Gasteiger partial charge is 0.456 e. The summed E-state index contributed by atoms with van der Waals surface area (Å²) in [6.45, 7) is 5.44. The SMILES string of the molecule is CC(C)(C)OC(=O)c1cc2ccc(Br)cc2nc1N. The molecule has 19 heavy (non-hydrogen) atoms. The third kappa shape index (κ3) is 3.23. The number of carbonyl (C=O) groups is 1. The third-order valence-corrected chi connectivity index (χ3v) is 2.92. The summed E-state index contributed by atoms with van der Waals surface area (Å²) < 4.78 is 6.22. The average Bonchev–Trinajstić information content (AvgIpc) is 2.25. The zero-order chi connectivity index (χ0) is 14.2. The van der Waals surface area contributed by atoms with Crippen molar-refractivity contribution in [1.29, 1.82) is 0 Å². The minimum Gasteiger partial charge on any atom is -0.456 e. The van der Waals surface area contributed by atoms with Crippen LogP contribution in [0.2, 0.25) is 0 Å². The molecule has 1 aromatic carbocycles. The number of aromatic nitrogens is 1. The topological polar surface area (TPSA) is 65.2 Å². The summed E-state index contributed by atoms with van der Waals surface area (Å²) in [5, 5.41) is 0.846. The van der Waals surface area contributed by atoms with Gasteiger partial charge in [0.1, 0.15) is 17.0 Å². The highest BCUT2D eigenvalue weighted by Crippen LogP contribution is 2.23. The Balaban J connectivity index is 2.47. The minimum absolute atomic E-state index is 0.180. The van der Waals surface area contributed by atoms with Gasteiger partial charge < -0.3 is 10.5 Å². The van der Waals surface area contributed by atoms with Gasteiger partial charge in [-0.3, -0.25) is 0 Å². The van der Waals surface area contributed by atoms with Crippen LogP contribution in [0.1, 0.15) is 31.1 Å². The number of nitrogens with two attached hydrogens (primary N) is 1. The quantitative estimate of drug-likeness (QED) is 0.815. The summed E-state index contributed by atoms with van der Waals surface area (Å²) in [7, 11) is 0. The number of anilines is 1. The van der Waals surface area contributed by atoms with Gasteiger partial charge in [-0.05, 0) is 39.0 Å². The van der Waals surface area contributed by atoms with Gasteiger partial charge in [-0.25, -0.2) is 9.78 Å². The van der Waals surface area contributed by atoms with Crippen molar-refractivity contribution in [2.75, 3.05) is 5.73 Å². The Kier molecular flexibility index (Phi) is 3.49. The van der Waals surface area contributed by atoms with E-state index in [1.54, 1.807) is 6.07 Å². The average molecular weight is 323 g/mol. The molecular weight excluding hydrogens is 308 g/mol. The van der Waals surface area contributed by atoms with Gasteiger partial charge in [0, 0.05) is 9.86 Å². The Labute approximate surface area is 120 Å². The summed E-state index contributed by atoms with van der Waals surface area (Å²) in [6.07, 6.45) is 0. The molecule has 0 radical (unpaired) electrons. The van der Waals surface area contributed by atoms with E-state index in [9.17, 15) is 4.79 Å². The Morgan fingerprint density at radius 3 is 2.63 bits per heavy atom. The summed E-state index contributed by atoms with van der Waals surface area (Å²) in [6, 6.07) is 7.32. The second-order valence-electron chi connectivity index (χ2n) is 5.26. The standard InChI is InChI=1S/C14H15BrN2O2/c1-14(2,3)19-13(18)10-6-8-4-5-9(15)7-11(8)17-12(10)16/h4-7H,1-3H3,(H2,16,17). The zero-order valence-corrected chi connectivity index (χ0v) is 12.6. The van der Waals surface area contributed by atoms with Crippen molar-refractivity contribution in [3.05, 3.63) is 34.3 Å². The van der Waals surface area contributed by atoms with Crippen molar-refractivity contribution in [3.63, 3.8) is 0 Å². The molecule has 1 aromatic heterocycles. The Morgan fingerprint density at radius 1 is 1.32 bits per heavy atom. The fourth-order valence-electron chi connectivity index (χ4n) is 1.65. The van der Waals surface area contributed by atoms with Gasteiger partial charge in [0.2, 0.25) is 0 Å². The number of carbonyl (C=O) groups excluding carboxylic acids is 1. The first-order valence-corrected chi connectivity index (χ1v) is 6.65. The van der Waals surface area contributed by atoms with Gasteiger partial charge in [0.25, 0.3) is 0 Å². The highest BCUT2D eigenvalue weighted by molar-refractivity contribution is 9.10. The molecule has 0 aliphatic heterocycles. The molecule has 5 heteroatoms. The molecule has 0 amide bonds. The maximum Gasteiger partial charge on any atom is 0.342 e. The lowest BCUT2D eigenvalue weighted by atomic mass is 10.1. The van der Waals surface area contributed by atoms with Gasteiger partial charge in [0.05, 0.1) is 5.52 Å². The second kappa shape index (κ2) is 4.81. The Hall–Kier alpha value is -1.62. The molecule has 0 saturated heterocycles. The molecule has 1 heterocycles. The molecule has 2 aromatic rings. The van der Waals surface area contributed by atoms with Crippen LogP contribution in [0.5, 0.6) is 0 Å². The summed E-state index contributed by atoms with van der Waals surface area (Å²) in [4.78, 5) is 16.3. The molecule has 100 valence electrons. The number of nitrogen functional groups attached to an aromatic ring is 1. The van der Waals surface area contributed by atoms with Gasteiger partial charge in [-0.1, -0.05) is 22.0 Å². The Morgan fingerprint density at radius 2 is 2.00 bits per heavy atom. The van der Waals surface area contributed by atoms with Crippen LogP contribution < -0.4 is 5.73 Å². The number of benzene rings is 1. The molecule has 0 bridgehead atoms. The number of hydrogen-bond donors (Lipinski definition) is 1. The number of esters is 1. The molecule has 4 nitrogen and oxygen atoms in total. The van der Waals surface area contributed by atoms with Crippen LogP contribution in [0.3, 0.4) is 0 Å². The number of pyridine rings is 1. The van der Waals surface area contributed by atoms with Crippen LogP contribution in [-0.4, -0.2) is 16.6 Å². The number of ether oxygens (including phenoxy) is 1. The number of fused-ring (bicyclic) bond motifs is 1. The van der Waals surface area contributed by atoms with Crippen LogP contribution in [0.15, 0.2) is 28.7 Å². The molecular formula is C14H15BrN2O2. The normalized spacial score (nSPS) is 11.6.